The van der Waals surface area contributed by atoms with E-state index in [4.69, 9.17) is 11.5 Å². The first kappa shape index (κ1) is 23.8. The van der Waals surface area contributed by atoms with Crippen molar-refractivity contribution in [2.75, 3.05) is 26.2 Å². The zero-order valence-corrected chi connectivity index (χ0v) is 19.4. The van der Waals surface area contributed by atoms with Crippen LogP contribution in [0.2, 0.25) is 0 Å². The molecular formula is C26H31FN6O. The molecule has 0 aliphatic carbocycles. The Morgan fingerprint density at radius 3 is 2.47 bits per heavy atom. The van der Waals surface area contributed by atoms with Crippen LogP contribution in [0, 0.1) is 12.7 Å². The Morgan fingerprint density at radius 2 is 1.79 bits per heavy atom. The summed E-state index contributed by atoms with van der Waals surface area (Å²) in [4.78, 5) is 22.3. The van der Waals surface area contributed by atoms with Gasteiger partial charge in [-0.05, 0) is 69.7 Å². The van der Waals surface area contributed by atoms with Crippen molar-refractivity contribution in [1.29, 1.82) is 0 Å². The fraction of sp³-hybridized carbons (Fsp3) is 0.308. The van der Waals surface area contributed by atoms with Crippen LogP contribution >= 0.6 is 0 Å². The van der Waals surface area contributed by atoms with E-state index in [9.17, 15) is 4.79 Å². The van der Waals surface area contributed by atoms with E-state index >= 15 is 4.39 Å². The van der Waals surface area contributed by atoms with Gasteiger partial charge in [-0.1, -0.05) is 30.3 Å². The van der Waals surface area contributed by atoms with Gasteiger partial charge in [0.05, 0.1) is 5.69 Å². The molecule has 4 rings (SSSR count). The third kappa shape index (κ3) is 5.25. The van der Waals surface area contributed by atoms with E-state index in [-0.39, 0.29) is 5.82 Å². The summed E-state index contributed by atoms with van der Waals surface area (Å²) in [6.07, 6.45) is 3.38. The quantitative estimate of drug-likeness (QED) is 0.335. The van der Waals surface area contributed by atoms with Gasteiger partial charge in [-0.15, -0.1) is 0 Å². The molecule has 0 radical (unpaired) electrons. The Balaban J connectivity index is 1.62. The van der Waals surface area contributed by atoms with Gasteiger partial charge in [0.25, 0.3) is 0 Å². The van der Waals surface area contributed by atoms with Crippen molar-refractivity contribution >= 4 is 11.0 Å². The number of fused-ring (bicyclic) bond motifs is 1. The minimum Gasteiger partial charge on any atom is -0.339 e. The average Bonchev–Trinajstić information content (AvgIpc) is 3.24. The Morgan fingerprint density at radius 1 is 1.06 bits per heavy atom. The van der Waals surface area contributed by atoms with Gasteiger partial charge in [0.2, 0.25) is 0 Å². The van der Waals surface area contributed by atoms with E-state index in [1.165, 1.54) is 10.6 Å². The van der Waals surface area contributed by atoms with Crippen LogP contribution < -0.4 is 17.2 Å². The van der Waals surface area contributed by atoms with E-state index in [1.807, 2.05) is 37.3 Å². The first-order chi connectivity index (χ1) is 16.5. The number of nitrogens with two attached hydrogens (primary N) is 2. The third-order valence-corrected chi connectivity index (χ3v) is 6.01. The summed E-state index contributed by atoms with van der Waals surface area (Å²) in [6.45, 7) is 5.25. The largest absolute Gasteiger partial charge is 0.354 e. The van der Waals surface area contributed by atoms with Gasteiger partial charge in [-0.25, -0.2) is 9.18 Å². The van der Waals surface area contributed by atoms with Crippen LogP contribution in [0.1, 0.15) is 24.0 Å². The van der Waals surface area contributed by atoms with Gasteiger partial charge in [0.15, 0.2) is 0 Å². The first-order valence-electron chi connectivity index (χ1n) is 11.6. The van der Waals surface area contributed by atoms with Crippen LogP contribution in [0.25, 0.3) is 28.0 Å². The normalized spacial score (nSPS) is 11.6. The maximum Gasteiger partial charge on any atom is 0.354 e. The monoisotopic (exact) mass is 462 g/mol. The predicted molar refractivity (Wildman–Crippen MR) is 134 cm³/mol. The molecule has 8 heteroatoms. The molecule has 2 aromatic carbocycles. The fourth-order valence-electron chi connectivity index (χ4n) is 4.15. The second-order valence-electron chi connectivity index (χ2n) is 8.53. The Hall–Kier alpha value is -3.33. The van der Waals surface area contributed by atoms with Crippen molar-refractivity contribution < 1.29 is 4.39 Å². The molecule has 0 atom stereocenters. The van der Waals surface area contributed by atoms with Crippen LogP contribution in [-0.4, -0.2) is 45.6 Å². The summed E-state index contributed by atoms with van der Waals surface area (Å²) < 4.78 is 16.4. The van der Waals surface area contributed by atoms with E-state index in [0.717, 1.165) is 48.1 Å². The number of nitrogens with one attached hydrogen (secondary N) is 1. The number of aromatic nitrogens is 3. The second-order valence-corrected chi connectivity index (χ2v) is 8.53. The number of nitrogens with zero attached hydrogens (tertiary/aromatic N) is 3. The van der Waals surface area contributed by atoms with E-state index in [1.54, 1.807) is 18.3 Å². The molecule has 0 amide bonds. The zero-order chi connectivity index (χ0) is 24.1. The molecule has 34 heavy (non-hydrogen) atoms. The lowest BCUT2D eigenvalue weighted by Crippen LogP contribution is -2.29. The smallest absolute Gasteiger partial charge is 0.339 e. The van der Waals surface area contributed by atoms with Crippen LogP contribution in [0.15, 0.2) is 59.5 Å². The second kappa shape index (κ2) is 10.7. The van der Waals surface area contributed by atoms with Gasteiger partial charge in [0, 0.05) is 34.9 Å². The molecule has 178 valence electrons. The molecular weight excluding hydrogens is 431 g/mol. The maximum absolute atomic E-state index is 15.0. The Bertz CT molecular complexity index is 1320. The number of halogens is 1. The number of benzene rings is 2. The average molecular weight is 463 g/mol. The van der Waals surface area contributed by atoms with E-state index in [0.29, 0.717) is 36.5 Å². The van der Waals surface area contributed by atoms with Crippen molar-refractivity contribution in [3.8, 4) is 16.9 Å². The van der Waals surface area contributed by atoms with Crippen LogP contribution in [0.4, 0.5) is 4.39 Å². The highest BCUT2D eigenvalue weighted by atomic mass is 19.1. The highest BCUT2D eigenvalue weighted by Gasteiger charge is 2.13. The number of aryl methyl sites for hydroxylation is 1. The van der Waals surface area contributed by atoms with E-state index in [2.05, 4.69) is 14.9 Å². The van der Waals surface area contributed by atoms with Crippen LogP contribution in [0.3, 0.4) is 0 Å². The number of rotatable bonds is 10. The Labute approximate surface area is 198 Å². The van der Waals surface area contributed by atoms with Crippen molar-refractivity contribution in [3.63, 3.8) is 0 Å². The molecule has 0 aliphatic heterocycles. The Kier molecular flexibility index (Phi) is 7.52. The summed E-state index contributed by atoms with van der Waals surface area (Å²) in [5.74, 6) is -0.357. The molecule has 2 heterocycles. The summed E-state index contributed by atoms with van der Waals surface area (Å²) >= 11 is 0. The molecule has 5 N–H and O–H groups in total. The van der Waals surface area contributed by atoms with Gasteiger partial charge >= 0.3 is 5.69 Å². The number of H-pyrrole nitrogens is 1. The van der Waals surface area contributed by atoms with Crippen molar-refractivity contribution in [2.24, 2.45) is 11.5 Å². The van der Waals surface area contributed by atoms with Gasteiger partial charge in [-0.2, -0.15) is 4.98 Å². The zero-order valence-electron chi connectivity index (χ0n) is 19.4. The van der Waals surface area contributed by atoms with Gasteiger partial charge in [0.1, 0.15) is 11.5 Å². The SMILES string of the molecule is Cc1ccccc1-c1cc2cn(-c3ccc(CN(CCCN)CCCN)c(F)c3)c(=O)nc2[nH]1. The summed E-state index contributed by atoms with van der Waals surface area (Å²) in [7, 11) is 0. The first-order valence-corrected chi connectivity index (χ1v) is 11.6. The topological polar surface area (TPSA) is 106 Å². The van der Waals surface area contributed by atoms with Gasteiger partial charge in [-0.3, -0.25) is 9.47 Å². The molecule has 0 saturated heterocycles. The molecule has 0 bridgehead atoms. The summed E-state index contributed by atoms with van der Waals surface area (Å²) in [5.41, 5.74) is 15.4. The molecule has 2 aromatic heterocycles. The lowest BCUT2D eigenvalue weighted by Gasteiger charge is -2.22. The predicted octanol–water partition coefficient (Wildman–Crippen LogP) is 3.33. The number of hydrogen-bond acceptors (Lipinski definition) is 5. The van der Waals surface area contributed by atoms with Crippen LogP contribution in [0.5, 0.6) is 0 Å². The van der Waals surface area contributed by atoms with Gasteiger partial charge < -0.3 is 16.5 Å². The van der Waals surface area contributed by atoms with Crippen LogP contribution in [-0.2, 0) is 6.54 Å². The number of aromatic amines is 1. The minimum absolute atomic E-state index is 0.357. The lowest BCUT2D eigenvalue weighted by molar-refractivity contribution is 0.258. The molecule has 4 aromatic rings. The summed E-state index contributed by atoms with van der Waals surface area (Å²) in [6, 6.07) is 14.8. The molecule has 0 aliphatic rings. The molecule has 7 nitrogen and oxygen atoms in total. The highest BCUT2D eigenvalue weighted by Crippen LogP contribution is 2.25. The third-order valence-electron chi connectivity index (χ3n) is 6.01. The molecule has 0 saturated carbocycles. The molecule has 0 unspecified atom stereocenters. The lowest BCUT2D eigenvalue weighted by atomic mass is 10.1. The molecule has 0 fully saturated rings. The number of hydrogen-bond donors (Lipinski definition) is 3. The van der Waals surface area contributed by atoms with Crippen molar-refractivity contribution in [1.82, 2.24) is 19.4 Å². The van der Waals surface area contributed by atoms with Crippen molar-refractivity contribution in [2.45, 2.75) is 26.3 Å². The molecule has 0 spiro atoms. The fourth-order valence-corrected chi connectivity index (χ4v) is 4.15. The minimum atomic E-state index is -0.467. The van der Waals surface area contributed by atoms with E-state index < -0.39 is 5.69 Å². The standard InChI is InChI=1S/C26H31FN6O/c1-18-6-2-3-7-22(18)24-14-20-17-33(26(34)31-25(20)30-24)21-9-8-19(23(27)15-21)16-32(12-4-10-28)13-5-11-29/h2-3,6-9,14-15,17H,4-5,10-13,16,28-29H2,1H3,(H,30,31,34). The maximum atomic E-state index is 15.0. The highest BCUT2D eigenvalue weighted by molar-refractivity contribution is 5.83. The summed E-state index contributed by atoms with van der Waals surface area (Å²) in [5, 5.41) is 0.775. The van der Waals surface area contributed by atoms with Crippen molar-refractivity contribution in [3.05, 3.63) is 82.2 Å².